The SMILES string of the molecule is CCN(CCNC(=O)c1cnc2cc(I)ccc2n1)CCNc1cccc(C)n1. The Bertz CT molecular complexity index is 980. The van der Waals surface area contributed by atoms with Crippen LogP contribution in [0.3, 0.4) is 0 Å². The molecule has 2 N–H and O–H groups in total. The topological polar surface area (TPSA) is 83.0 Å². The molecule has 0 atom stereocenters. The van der Waals surface area contributed by atoms with Crippen LogP contribution in [0.2, 0.25) is 0 Å². The van der Waals surface area contributed by atoms with Crippen LogP contribution in [0.15, 0.2) is 42.6 Å². The molecule has 3 aromatic rings. The molecule has 1 aromatic carbocycles. The van der Waals surface area contributed by atoms with E-state index in [9.17, 15) is 4.79 Å². The molecule has 0 aliphatic rings. The molecule has 2 aromatic heterocycles. The molecule has 0 aliphatic carbocycles. The van der Waals surface area contributed by atoms with E-state index in [4.69, 9.17) is 0 Å². The van der Waals surface area contributed by atoms with Crippen molar-refractivity contribution in [2.45, 2.75) is 13.8 Å². The monoisotopic (exact) mass is 504 g/mol. The maximum absolute atomic E-state index is 12.4. The minimum Gasteiger partial charge on any atom is -0.369 e. The van der Waals surface area contributed by atoms with Crippen molar-refractivity contribution in [3.05, 3.63) is 57.6 Å². The number of fused-ring (bicyclic) bond motifs is 1. The van der Waals surface area contributed by atoms with Crippen molar-refractivity contribution in [2.24, 2.45) is 0 Å². The van der Waals surface area contributed by atoms with E-state index >= 15 is 0 Å². The van der Waals surface area contributed by atoms with Gasteiger partial charge in [-0.15, -0.1) is 0 Å². The van der Waals surface area contributed by atoms with Crippen LogP contribution in [0, 0.1) is 10.5 Å². The van der Waals surface area contributed by atoms with Gasteiger partial charge in [0.15, 0.2) is 0 Å². The number of pyridine rings is 1. The number of carbonyl (C=O) groups is 1. The summed E-state index contributed by atoms with van der Waals surface area (Å²) in [4.78, 5) is 27.9. The molecule has 0 bridgehead atoms. The highest BCUT2D eigenvalue weighted by molar-refractivity contribution is 14.1. The van der Waals surface area contributed by atoms with Crippen LogP contribution in [-0.4, -0.2) is 58.5 Å². The number of carbonyl (C=O) groups excluding carboxylic acids is 1. The number of aromatic nitrogens is 3. The molecule has 7 nitrogen and oxygen atoms in total. The lowest BCUT2D eigenvalue weighted by molar-refractivity contribution is 0.0944. The summed E-state index contributed by atoms with van der Waals surface area (Å²) in [5.74, 6) is 0.690. The Balaban J connectivity index is 1.45. The number of rotatable bonds is 9. The number of nitrogens with zero attached hydrogens (tertiary/aromatic N) is 4. The van der Waals surface area contributed by atoms with E-state index < -0.39 is 0 Å². The molecule has 0 radical (unpaired) electrons. The van der Waals surface area contributed by atoms with Gasteiger partial charge < -0.3 is 15.5 Å². The number of aryl methyl sites for hydroxylation is 1. The summed E-state index contributed by atoms with van der Waals surface area (Å²) < 4.78 is 1.09. The Labute approximate surface area is 184 Å². The zero-order valence-corrected chi connectivity index (χ0v) is 18.8. The summed E-state index contributed by atoms with van der Waals surface area (Å²) in [6.45, 7) is 8.00. The van der Waals surface area contributed by atoms with Gasteiger partial charge >= 0.3 is 0 Å². The first kappa shape index (κ1) is 21.4. The molecule has 29 heavy (non-hydrogen) atoms. The lowest BCUT2D eigenvalue weighted by atomic mass is 10.3. The minimum atomic E-state index is -0.198. The molecule has 8 heteroatoms. The van der Waals surface area contributed by atoms with E-state index in [1.165, 1.54) is 6.20 Å². The number of anilines is 1. The molecule has 152 valence electrons. The molecule has 0 unspecified atom stereocenters. The quantitative estimate of drug-likeness (QED) is 0.436. The summed E-state index contributed by atoms with van der Waals surface area (Å²) in [5.41, 5.74) is 2.86. The van der Waals surface area contributed by atoms with Gasteiger partial charge in [-0.2, -0.15) is 0 Å². The van der Waals surface area contributed by atoms with Gasteiger partial charge in [0.1, 0.15) is 11.5 Å². The number of nitrogens with one attached hydrogen (secondary N) is 2. The highest BCUT2D eigenvalue weighted by Gasteiger charge is 2.10. The Hall–Kier alpha value is -2.33. The summed E-state index contributed by atoms with van der Waals surface area (Å²) in [5, 5.41) is 6.28. The molecule has 0 saturated heterocycles. The second-order valence-corrected chi connectivity index (χ2v) is 7.92. The zero-order chi connectivity index (χ0) is 20.6. The summed E-state index contributed by atoms with van der Waals surface area (Å²) in [6.07, 6.45) is 1.53. The minimum absolute atomic E-state index is 0.198. The molecule has 0 spiro atoms. The van der Waals surface area contributed by atoms with Crippen LogP contribution in [0.1, 0.15) is 23.1 Å². The van der Waals surface area contributed by atoms with Crippen LogP contribution in [0.5, 0.6) is 0 Å². The van der Waals surface area contributed by atoms with Crippen molar-refractivity contribution >= 4 is 45.3 Å². The number of hydrogen-bond acceptors (Lipinski definition) is 6. The van der Waals surface area contributed by atoms with Crippen molar-refractivity contribution in [3.63, 3.8) is 0 Å². The van der Waals surface area contributed by atoms with E-state index in [1.54, 1.807) is 0 Å². The molecule has 2 heterocycles. The van der Waals surface area contributed by atoms with Crippen LogP contribution >= 0.6 is 22.6 Å². The van der Waals surface area contributed by atoms with E-state index in [0.717, 1.165) is 52.3 Å². The first-order valence-corrected chi connectivity index (χ1v) is 10.7. The number of amides is 1. The number of hydrogen-bond donors (Lipinski definition) is 2. The van der Waals surface area contributed by atoms with E-state index in [1.807, 2.05) is 43.3 Å². The average Bonchev–Trinajstić information content (AvgIpc) is 2.72. The van der Waals surface area contributed by atoms with Gasteiger partial charge in [0, 0.05) is 35.4 Å². The van der Waals surface area contributed by atoms with Gasteiger partial charge in [0.2, 0.25) is 0 Å². The molecular weight excluding hydrogens is 479 g/mol. The fourth-order valence-corrected chi connectivity index (χ4v) is 3.40. The summed E-state index contributed by atoms with van der Waals surface area (Å²) >= 11 is 2.23. The van der Waals surface area contributed by atoms with Gasteiger partial charge in [0.05, 0.1) is 17.2 Å². The third-order valence-electron chi connectivity index (χ3n) is 4.52. The second kappa shape index (κ2) is 10.4. The molecule has 0 fully saturated rings. The third kappa shape index (κ3) is 6.33. The van der Waals surface area contributed by atoms with Crippen molar-refractivity contribution in [2.75, 3.05) is 38.0 Å². The fourth-order valence-electron chi connectivity index (χ4n) is 2.92. The van der Waals surface area contributed by atoms with Crippen LogP contribution < -0.4 is 10.6 Å². The van der Waals surface area contributed by atoms with Crippen LogP contribution in [0.25, 0.3) is 11.0 Å². The largest absolute Gasteiger partial charge is 0.369 e. The molecule has 3 rings (SSSR count). The molecule has 1 amide bonds. The van der Waals surface area contributed by atoms with Gasteiger partial charge in [0.25, 0.3) is 5.91 Å². The van der Waals surface area contributed by atoms with Crippen molar-refractivity contribution in [1.82, 2.24) is 25.2 Å². The summed E-state index contributed by atoms with van der Waals surface area (Å²) in [6, 6.07) is 11.7. The Morgan fingerprint density at radius 3 is 2.72 bits per heavy atom. The first-order chi connectivity index (χ1) is 14.0. The highest BCUT2D eigenvalue weighted by atomic mass is 127. The van der Waals surface area contributed by atoms with Crippen molar-refractivity contribution < 1.29 is 4.79 Å². The Kier molecular flexibility index (Phi) is 7.70. The van der Waals surface area contributed by atoms with Crippen molar-refractivity contribution in [3.8, 4) is 0 Å². The van der Waals surface area contributed by atoms with Gasteiger partial charge in [-0.3, -0.25) is 9.78 Å². The van der Waals surface area contributed by atoms with E-state index in [2.05, 4.69) is 60.0 Å². The number of benzene rings is 1. The fraction of sp³-hybridized carbons (Fsp3) is 0.333. The number of likely N-dealkylation sites (N-methyl/N-ethyl adjacent to an activating group) is 1. The van der Waals surface area contributed by atoms with Gasteiger partial charge in [-0.1, -0.05) is 13.0 Å². The molecular formula is C21H25IN6O. The second-order valence-electron chi connectivity index (χ2n) is 6.67. The predicted octanol–water partition coefficient (Wildman–Crippen LogP) is 3.10. The maximum atomic E-state index is 12.4. The van der Waals surface area contributed by atoms with Crippen molar-refractivity contribution in [1.29, 1.82) is 0 Å². The Morgan fingerprint density at radius 2 is 1.93 bits per heavy atom. The lowest BCUT2D eigenvalue weighted by Gasteiger charge is -2.20. The first-order valence-electron chi connectivity index (χ1n) is 9.65. The lowest BCUT2D eigenvalue weighted by Crippen LogP contribution is -2.37. The van der Waals surface area contributed by atoms with E-state index in [-0.39, 0.29) is 5.91 Å². The van der Waals surface area contributed by atoms with Gasteiger partial charge in [-0.25, -0.2) is 9.97 Å². The zero-order valence-electron chi connectivity index (χ0n) is 16.7. The normalized spacial score (nSPS) is 11.0. The van der Waals surface area contributed by atoms with Crippen LogP contribution in [0.4, 0.5) is 5.82 Å². The van der Waals surface area contributed by atoms with E-state index in [0.29, 0.717) is 12.2 Å². The standard InChI is InChI=1S/C21H25IN6O/c1-3-28(11-9-23-20-6-4-5-15(2)26-20)12-10-24-21(29)19-14-25-18-13-16(22)7-8-17(18)27-19/h4-8,13-14H,3,9-12H2,1-2H3,(H,23,26)(H,24,29). The molecule has 0 saturated carbocycles. The van der Waals surface area contributed by atoms with Gasteiger partial charge in [-0.05, 0) is 66.4 Å². The third-order valence-corrected chi connectivity index (χ3v) is 5.19. The highest BCUT2D eigenvalue weighted by Crippen LogP contribution is 2.13. The molecule has 0 aliphatic heterocycles. The predicted molar refractivity (Wildman–Crippen MR) is 124 cm³/mol. The summed E-state index contributed by atoms with van der Waals surface area (Å²) in [7, 11) is 0. The maximum Gasteiger partial charge on any atom is 0.271 e. The smallest absolute Gasteiger partial charge is 0.271 e. The average molecular weight is 504 g/mol. The Morgan fingerprint density at radius 1 is 1.10 bits per heavy atom. The van der Waals surface area contributed by atoms with Crippen LogP contribution in [-0.2, 0) is 0 Å². The number of halogens is 1.